The van der Waals surface area contributed by atoms with Gasteiger partial charge in [-0.25, -0.2) is 0 Å². The molecule has 1 aromatic rings. The molecule has 0 saturated carbocycles. The molecule has 1 aliphatic rings. The van der Waals surface area contributed by atoms with Crippen LogP contribution in [0.2, 0.25) is 0 Å². The molecule has 1 aromatic carbocycles. The van der Waals surface area contributed by atoms with Crippen LogP contribution in [-0.4, -0.2) is 29.1 Å². The van der Waals surface area contributed by atoms with E-state index in [0.717, 1.165) is 19.5 Å². The van der Waals surface area contributed by atoms with Crippen molar-refractivity contribution >= 4 is 0 Å². The van der Waals surface area contributed by atoms with Gasteiger partial charge < -0.3 is 10.8 Å². The normalized spacial score (nSPS) is 26.4. The number of rotatable bonds is 4. The molecule has 18 heavy (non-hydrogen) atoms. The zero-order valence-electron chi connectivity index (χ0n) is 11.3. The molecule has 0 aromatic heterocycles. The number of nitrogens with zero attached hydrogens (tertiary/aromatic N) is 1. The molecule has 0 spiro atoms. The molecule has 3 atom stereocenters. The molecule has 0 radical (unpaired) electrons. The topological polar surface area (TPSA) is 49.5 Å². The number of hydrogen-bond acceptors (Lipinski definition) is 3. The third-order valence-corrected chi connectivity index (χ3v) is 4.11. The van der Waals surface area contributed by atoms with Gasteiger partial charge in [0.25, 0.3) is 0 Å². The summed E-state index contributed by atoms with van der Waals surface area (Å²) in [5.74, 6) is 0.967. The number of phenols is 1. The molecule has 3 heteroatoms. The fraction of sp³-hybridized carbons (Fsp3) is 0.600. The van der Waals surface area contributed by atoms with E-state index in [9.17, 15) is 5.11 Å². The molecule has 3 nitrogen and oxygen atoms in total. The van der Waals surface area contributed by atoms with Crippen LogP contribution in [-0.2, 0) is 0 Å². The highest BCUT2D eigenvalue weighted by molar-refractivity contribution is 5.28. The predicted octanol–water partition coefficient (Wildman–Crippen LogP) is 2.51. The Labute approximate surface area is 110 Å². The lowest BCUT2D eigenvalue weighted by Gasteiger charge is -2.31. The van der Waals surface area contributed by atoms with Crippen LogP contribution in [0.5, 0.6) is 5.75 Å². The molecule has 0 amide bonds. The molecule has 100 valence electrons. The van der Waals surface area contributed by atoms with Gasteiger partial charge in [0.2, 0.25) is 0 Å². The van der Waals surface area contributed by atoms with Crippen molar-refractivity contribution in [3.05, 3.63) is 29.8 Å². The smallest absolute Gasteiger partial charge is 0.115 e. The zero-order valence-corrected chi connectivity index (χ0v) is 11.3. The van der Waals surface area contributed by atoms with Gasteiger partial charge in [-0.3, -0.25) is 4.90 Å². The van der Waals surface area contributed by atoms with Crippen LogP contribution in [0.1, 0.15) is 38.3 Å². The van der Waals surface area contributed by atoms with Gasteiger partial charge in [-0.1, -0.05) is 19.1 Å². The second kappa shape index (κ2) is 5.72. The van der Waals surface area contributed by atoms with Gasteiger partial charge in [0, 0.05) is 18.6 Å². The number of likely N-dealkylation sites (tertiary alicyclic amines) is 1. The van der Waals surface area contributed by atoms with E-state index < -0.39 is 0 Å². The minimum atomic E-state index is 0.336. The summed E-state index contributed by atoms with van der Waals surface area (Å²) in [5.41, 5.74) is 7.09. The molecule has 3 N–H and O–H groups in total. The highest BCUT2D eigenvalue weighted by Gasteiger charge is 2.32. The average molecular weight is 248 g/mol. The van der Waals surface area contributed by atoms with Crippen LogP contribution in [0.15, 0.2) is 24.3 Å². The second-order valence-corrected chi connectivity index (χ2v) is 5.40. The summed E-state index contributed by atoms with van der Waals surface area (Å²) in [4.78, 5) is 2.56. The molecule has 1 saturated heterocycles. The lowest BCUT2D eigenvalue weighted by Crippen LogP contribution is -2.32. The summed E-state index contributed by atoms with van der Waals surface area (Å²) in [6, 6.07) is 8.66. The maximum atomic E-state index is 9.38. The maximum absolute atomic E-state index is 9.38. The Kier molecular flexibility index (Phi) is 4.25. The van der Waals surface area contributed by atoms with E-state index in [1.165, 1.54) is 12.0 Å². The SMILES string of the molecule is CCC(c1ccc(O)cc1)N1CC(CN)CC1C. The van der Waals surface area contributed by atoms with E-state index in [1.807, 2.05) is 12.1 Å². The molecule has 0 aliphatic carbocycles. The first-order chi connectivity index (χ1) is 8.65. The third-order valence-electron chi connectivity index (χ3n) is 4.11. The van der Waals surface area contributed by atoms with Gasteiger partial charge in [0.05, 0.1) is 0 Å². The minimum Gasteiger partial charge on any atom is -0.508 e. The molecule has 0 bridgehead atoms. The summed E-state index contributed by atoms with van der Waals surface area (Å²) >= 11 is 0. The highest BCUT2D eigenvalue weighted by Crippen LogP contribution is 2.34. The Bertz CT molecular complexity index is 377. The Balaban J connectivity index is 2.16. The van der Waals surface area contributed by atoms with Gasteiger partial charge >= 0.3 is 0 Å². The lowest BCUT2D eigenvalue weighted by atomic mass is 10.0. The van der Waals surface area contributed by atoms with Crippen LogP contribution < -0.4 is 5.73 Å². The summed E-state index contributed by atoms with van der Waals surface area (Å²) < 4.78 is 0. The Morgan fingerprint density at radius 1 is 1.39 bits per heavy atom. The van der Waals surface area contributed by atoms with Gasteiger partial charge in [0.15, 0.2) is 0 Å². The van der Waals surface area contributed by atoms with Gasteiger partial charge in [-0.05, 0) is 49.9 Å². The van der Waals surface area contributed by atoms with Crippen LogP contribution >= 0.6 is 0 Å². The number of aromatic hydroxyl groups is 1. The maximum Gasteiger partial charge on any atom is 0.115 e. The molecule has 1 aliphatic heterocycles. The van der Waals surface area contributed by atoms with Gasteiger partial charge in [0.1, 0.15) is 5.75 Å². The van der Waals surface area contributed by atoms with Crippen molar-refractivity contribution in [2.75, 3.05) is 13.1 Å². The molecular weight excluding hydrogens is 224 g/mol. The summed E-state index contributed by atoms with van der Waals surface area (Å²) in [6.07, 6.45) is 2.29. The first-order valence-electron chi connectivity index (χ1n) is 6.90. The fourth-order valence-corrected chi connectivity index (χ4v) is 3.13. The number of hydrogen-bond donors (Lipinski definition) is 2. The minimum absolute atomic E-state index is 0.336. The molecule has 1 fully saturated rings. The van der Waals surface area contributed by atoms with E-state index in [4.69, 9.17) is 5.73 Å². The lowest BCUT2D eigenvalue weighted by molar-refractivity contribution is 0.182. The number of nitrogens with two attached hydrogens (primary N) is 1. The molecular formula is C15H24N2O. The van der Waals surface area contributed by atoms with Crippen LogP contribution in [0.3, 0.4) is 0 Å². The van der Waals surface area contributed by atoms with Crippen LogP contribution in [0.25, 0.3) is 0 Å². The zero-order chi connectivity index (χ0) is 13.1. The van der Waals surface area contributed by atoms with Crippen molar-refractivity contribution in [1.82, 2.24) is 4.90 Å². The highest BCUT2D eigenvalue weighted by atomic mass is 16.3. The average Bonchev–Trinajstić information content (AvgIpc) is 2.74. The summed E-state index contributed by atoms with van der Waals surface area (Å²) in [6.45, 7) is 6.39. The first kappa shape index (κ1) is 13.4. The van der Waals surface area contributed by atoms with E-state index in [0.29, 0.717) is 23.8 Å². The van der Waals surface area contributed by atoms with Crippen LogP contribution in [0.4, 0.5) is 0 Å². The van der Waals surface area contributed by atoms with Crippen molar-refractivity contribution < 1.29 is 5.11 Å². The third kappa shape index (κ3) is 2.68. The fourth-order valence-electron chi connectivity index (χ4n) is 3.13. The van der Waals surface area contributed by atoms with E-state index in [1.54, 1.807) is 12.1 Å². The standard InChI is InChI=1S/C15H24N2O/c1-3-15(13-4-6-14(18)7-5-13)17-10-12(9-16)8-11(17)2/h4-7,11-12,15,18H,3,8-10,16H2,1-2H3. The van der Waals surface area contributed by atoms with Crippen molar-refractivity contribution in [3.63, 3.8) is 0 Å². The quantitative estimate of drug-likeness (QED) is 0.860. The first-order valence-corrected chi connectivity index (χ1v) is 6.90. The second-order valence-electron chi connectivity index (χ2n) is 5.40. The van der Waals surface area contributed by atoms with E-state index in [2.05, 4.69) is 18.7 Å². The van der Waals surface area contributed by atoms with Gasteiger partial charge in [-0.15, -0.1) is 0 Å². The Hall–Kier alpha value is -1.06. The predicted molar refractivity (Wildman–Crippen MR) is 74.5 cm³/mol. The Morgan fingerprint density at radius 3 is 2.56 bits per heavy atom. The molecule has 2 rings (SSSR count). The number of benzene rings is 1. The molecule has 3 unspecified atom stereocenters. The largest absolute Gasteiger partial charge is 0.508 e. The molecule has 1 heterocycles. The van der Waals surface area contributed by atoms with Crippen molar-refractivity contribution in [1.29, 1.82) is 0 Å². The van der Waals surface area contributed by atoms with Crippen molar-refractivity contribution in [2.24, 2.45) is 11.7 Å². The summed E-state index contributed by atoms with van der Waals surface area (Å²) in [7, 11) is 0. The van der Waals surface area contributed by atoms with Crippen molar-refractivity contribution in [3.8, 4) is 5.75 Å². The van der Waals surface area contributed by atoms with Crippen LogP contribution in [0, 0.1) is 5.92 Å². The summed E-state index contributed by atoms with van der Waals surface area (Å²) in [5, 5.41) is 9.38. The number of phenolic OH excluding ortho intramolecular Hbond substituents is 1. The monoisotopic (exact) mass is 248 g/mol. The van der Waals surface area contributed by atoms with E-state index in [-0.39, 0.29) is 0 Å². The van der Waals surface area contributed by atoms with Gasteiger partial charge in [-0.2, -0.15) is 0 Å². The Morgan fingerprint density at radius 2 is 2.06 bits per heavy atom. The van der Waals surface area contributed by atoms with Crippen molar-refractivity contribution in [2.45, 2.75) is 38.8 Å². The van der Waals surface area contributed by atoms with E-state index >= 15 is 0 Å².